The molecule has 0 aliphatic rings. The van der Waals surface area contributed by atoms with E-state index >= 15 is 0 Å². The molecule has 2 rings (SSSR count). The Morgan fingerprint density at radius 2 is 2.05 bits per heavy atom. The number of allylic oxidation sites excluding steroid dienone is 1. The molecule has 0 bridgehead atoms. The van der Waals surface area contributed by atoms with E-state index in [1.807, 2.05) is 0 Å². The molecule has 21 heavy (non-hydrogen) atoms. The van der Waals surface area contributed by atoms with Gasteiger partial charge in [-0.2, -0.15) is 0 Å². The Bertz CT molecular complexity index is 680. The molecule has 0 N–H and O–H groups in total. The lowest BCUT2D eigenvalue weighted by Gasteiger charge is -2.06. The second kappa shape index (κ2) is 7.04. The van der Waals surface area contributed by atoms with E-state index in [0.717, 1.165) is 5.56 Å². The molecule has 0 saturated heterocycles. The lowest BCUT2D eigenvalue weighted by atomic mass is 10.1. The fraction of sp³-hybridized carbons (Fsp3) is 0.118. The summed E-state index contributed by atoms with van der Waals surface area (Å²) in [5, 5.41) is 0. The van der Waals surface area contributed by atoms with Gasteiger partial charge in [-0.1, -0.05) is 18.2 Å². The summed E-state index contributed by atoms with van der Waals surface area (Å²) in [7, 11) is 1.55. The average molecular weight is 305 g/mol. The molecule has 0 atom stereocenters. The van der Waals surface area contributed by atoms with Crippen molar-refractivity contribution >= 4 is 23.5 Å². The van der Waals surface area contributed by atoms with Crippen LogP contribution in [0.25, 0.3) is 6.08 Å². The van der Waals surface area contributed by atoms with E-state index in [2.05, 4.69) is 0 Å². The Hall–Kier alpha value is -2.13. The van der Waals surface area contributed by atoms with Crippen LogP contribution in [0, 0.1) is 5.82 Å². The molecule has 0 aromatic heterocycles. The third-order valence-electron chi connectivity index (χ3n) is 3.03. The Kier molecular flexibility index (Phi) is 5.12. The molecular weight excluding hydrogens is 291 g/mol. The van der Waals surface area contributed by atoms with Crippen LogP contribution in [0.1, 0.15) is 21.5 Å². The van der Waals surface area contributed by atoms with Gasteiger partial charge in [0.25, 0.3) is 0 Å². The predicted octanol–water partition coefficient (Wildman–Crippen LogP) is 4.47. The number of alkyl halides is 1. The molecule has 0 aliphatic heterocycles. The normalized spacial score (nSPS) is 10.8. The summed E-state index contributed by atoms with van der Waals surface area (Å²) in [5.74, 6) is 0.311. The molecule has 0 unspecified atom stereocenters. The average Bonchev–Trinajstić information content (AvgIpc) is 2.53. The molecule has 4 heteroatoms. The SMILES string of the molecule is COc1ccc(C(=O)/C=C/c2ccccc2F)cc1CCl. The number of halogens is 2. The third-order valence-corrected chi connectivity index (χ3v) is 3.32. The minimum absolute atomic E-state index is 0.215. The molecule has 108 valence electrons. The topological polar surface area (TPSA) is 26.3 Å². The van der Waals surface area contributed by atoms with Gasteiger partial charge in [-0.05, 0) is 36.4 Å². The highest BCUT2D eigenvalue weighted by atomic mass is 35.5. The van der Waals surface area contributed by atoms with Crippen LogP contribution in [0.15, 0.2) is 48.5 Å². The van der Waals surface area contributed by atoms with Crippen molar-refractivity contribution in [3.63, 3.8) is 0 Å². The van der Waals surface area contributed by atoms with Gasteiger partial charge in [0.2, 0.25) is 0 Å². The zero-order valence-corrected chi connectivity index (χ0v) is 12.2. The van der Waals surface area contributed by atoms with Crippen LogP contribution in [0.2, 0.25) is 0 Å². The second-order valence-electron chi connectivity index (χ2n) is 4.38. The minimum Gasteiger partial charge on any atom is -0.496 e. The quantitative estimate of drug-likeness (QED) is 0.463. The first-order chi connectivity index (χ1) is 10.2. The summed E-state index contributed by atoms with van der Waals surface area (Å²) < 4.78 is 18.6. The lowest BCUT2D eigenvalue weighted by Crippen LogP contribution is -1.98. The maximum Gasteiger partial charge on any atom is 0.185 e. The van der Waals surface area contributed by atoms with E-state index in [4.69, 9.17) is 16.3 Å². The molecule has 0 fully saturated rings. The van der Waals surface area contributed by atoms with Gasteiger partial charge in [0.1, 0.15) is 11.6 Å². The molecule has 0 aliphatic carbocycles. The summed E-state index contributed by atoms with van der Waals surface area (Å²) in [6, 6.07) is 11.3. The number of ether oxygens (including phenoxy) is 1. The summed E-state index contributed by atoms with van der Waals surface area (Å²) >= 11 is 5.82. The van der Waals surface area contributed by atoms with Gasteiger partial charge in [0, 0.05) is 16.7 Å². The number of carbonyl (C=O) groups is 1. The Morgan fingerprint density at radius 3 is 2.71 bits per heavy atom. The maximum absolute atomic E-state index is 13.5. The lowest BCUT2D eigenvalue weighted by molar-refractivity contribution is 0.104. The summed E-state index contributed by atoms with van der Waals surface area (Å²) in [6.45, 7) is 0. The Labute approximate surface area is 127 Å². The van der Waals surface area contributed by atoms with E-state index in [-0.39, 0.29) is 17.5 Å². The van der Waals surface area contributed by atoms with Crippen LogP contribution < -0.4 is 4.74 Å². The van der Waals surface area contributed by atoms with Gasteiger partial charge < -0.3 is 4.74 Å². The van der Waals surface area contributed by atoms with Crippen LogP contribution in [0.4, 0.5) is 4.39 Å². The largest absolute Gasteiger partial charge is 0.496 e. The van der Waals surface area contributed by atoms with Gasteiger partial charge in [0.05, 0.1) is 13.0 Å². The fourth-order valence-electron chi connectivity index (χ4n) is 1.91. The Morgan fingerprint density at radius 1 is 1.29 bits per heavy atom. The second-order valence-corrected chi connectivity index (χ2v) is 4.65. The number of benzene rings is 2. The zero-order valence-electron chi connectivity index (χ0n) is 11.5. The number of carbonyl (C=O) groups excluding carboxylic acids is 1. The Balaban J connectivity index is 2.23. The summed E-state index contributed by atoms with van der Waals surface area (Å²) in [5.41, 5.74) is 1.60. The highest BCUT2D eigenvalue weighted by Crippen LogP contribution is 2.22. The van der Waals surface area contributed by atoms with Crippen LogP contribution in [0.5, 0.6) is 5.75 Å². The van der Waals surface area contributed by atoms with Crippen molar-refractivity contribution in [3.05, 3.63) is 71.0 Å². The third kappa shape index (κ3) is 3.70. The van der Waals surface area contributed by atoms with Crippen molar-refractivity contribution in [3.8, 4) is 5.75 Å². The first-order valence-electron chi connectivity index (χ1n) is 6.35. The molecule has 0 saturated carbocycles. The molecule has 2 aromatic carbocycles. The van der Waals surface area contributed by atoms with E-state index in [1.54, 1.807) is 43.5 Å². The summed E-state index contributed by atoms with van der Waals surface area (Å²) in [6.07, 6.45) is 2.81. The number of hydrogen-bond acceptors (Lipinski definition) is 2. The molecule has 0 amide bonds. The van der Waals surface area contributed by atoms with Crippen LogP contribution in [0.3, 0.4) is 0 Å². The van der Waals surface area contributed by atoms with Crippen LogP contribution in [-0.4, -0.2) is 12.9 Å². The minimum atomic E-state index is -0.363. The van der Waals surface area contributed by atoms with Gasteiger partial charge >= 0.3 is 0 Å². The van der Waals surface area contributed by atoms with Crippen molar-refractivity contribution in [2.45, 2.75) is 5.88 Å². The van der Waals surface area contributed by atoms with Crippen molar-refractivity contribution < 1.29 is 13.9 Å². The van der Waals surface area contributed by atoms with Gasteiger partial charge in [-0.25, -0.2) is 4.39 Å². The van der Waals surface area contributed by atoms with Crippen molar-refractivity contribution in [2.24, 2.45) is 0 Å². The molecular formula is C17H14ClFO2. The van der Waals surface area contributed by atoms with Crippen LogP contribution >= 0.6 is 11.6 Å². The smallest absolute Gasteiger partial charge is 0.185 e. The predicted molar refractivity (Wildman–Crippen MR) is 82.3 cm³/mol. The molecule has 0 radical (unpaired) electrons. The highest BCUT2D eigenvalue weighted by Gasteiger charge is 2.08. The highest BCUT2D eigenvalue weighted by molar-refractivity contribution is 6.17. The van der Waals surface area contributed by atoms with Crippen molar-refractivity contribution in [1.82, 2.24) is 0 Å². The maximum atomic E-state index is 13.5. The van der Waals surface area contributed by atoms with Gasteiger partial charge in [0.15, 0.2) is 5.78 Å². The van der Waals surface area contributed by atoms with E-state index < -0.39 is 0 Å². The van der Waals surface area contributed by atoms with E-state index in [9.17, 15) is 9.18 Å². The molecule has 0 spiro atoms. The fourth-order valence-corrected chi connectivity index (χ4v) is 2.12. The monoisotopic (exact) mass is 304 g/mol. The molecule has 2 nitrogen and oxygen atoms in total. The first kappa shape index (κ1) is 15.3. The number of rotatable bonds is 5. The van der Waals surface area contributed by atoms with E-state index in [1.165, 1.54) is 18.2 Å². The van der Waals surface area contributed by atoms with Gasteiger partial charge in [-0.15, -0.1) is 11.6 Å². The molecule has 0 heterocycles. The number of ketones is 1. The standard InChI is InChI=1S/C17H14ClFO2/c1-21-17-9-7-13(10-14(17)11-18)16(20)8-6-12-4-2-3-5-15(12)19/h2-10H,11H2,1H3/b8-6+. The summed E-state index contributed by atoms with van der Waals surface area (Å²) in [4.78, 5) is 12.1. The van der Waals surface area contributed by atoms with Gasteiger partial charge in [-0.3, -0.25) is 4.79 Å². The first-order valence-corrected chi connectivity index (χ1v) is 6.89. The van der Waals surface area contributed by atoms with Crippen molar-refractivity contribution in [2.75, 3.05) is 7.11 Å². The molecule has 2 aromatic rings. The number of hydrogen-bond donors (Lipinski definition) is 0. The van der Waals surface area contributed by atoms with E-state index in [0.29, 0.717) is 16.9 Å². The van der Waals surface area contributed by atoms with Crippen molar-refractivity contribution in [1.29, 1.82) is 0 Å². The van der Waals surface area contributed by atoms with Crippen LogP contribution in [-0.2, 0) is 5.88 Å². The zero-order chi connectivity index (χ0) is 15.2. The number of methoxy groups -OCH3 is 1.